The van der Waals surface area contributed by atoms with Gasteiger partial charge in [-0.05, 0) is 36.0 Å². The van der Waals surface area contributed by atoms with Gasteiger partial charge in [0.15, 0.2) is 0 Å². The van der Waals surface area contributed by atoms with Gasteiger partial charge in [0.1, 0.15) is 11.6 Å². The first-order valence-corrected chi connectivity index (χ1v) is 20.5. The first-order chi connectivity index (χ1) is 21.0. The summed E-state index contributed by atoms with van der Waals surface area (Å²) in [4.78, 5) is 23.0. The van der Waals surface area contributed by atoms with Crippen LogP contribution in [0.1, 0.15) is 57.9 Å². The molecule has 0 amide bonds. The zero-order valence-corrected chi connectivity index (χ0v) is 35.5. The van der Waals surface area contributed by atoms with Crippen molar-refractivity contribution in [1.29, 1.82) is 0 Å². The normalized spacial score (nSPS) is 11.2. The molecule has 272 valence electrons. The van der Waals surface area contributed by atoms with E-state index in [0.29, 0.717) is 36.7 Å². The average Bonchev–Trinajstić information content (AvgIpc) is 2.93. The molecule has 0 aliphatic carbocycles. The summed E-state index contributed by atoms with van der Waals surface area (Å²) in [7, 11) is 2.22. The number of unbranched alkanes of at least 4 members (excludes halogenated alkanes) is 1. The molecule has 0 heterocycles. The molecular weight excluding hydrogens is 713 g/mol. The number of hydrogen-bond acceptors (Lipinski definition) is 11. The molecule has 3 N–H and O–H groups in total. The number of ketones is 2. The summed E-state index contributed by atoms with van der Waals surface area (Å²) in [5, 5.41) is 25.7. The van der Waals surface area contributed by atoms with E-state index in [1.807, 2.05) is 6.07 Å². The number of rotatable bonds is 24. The molecular formula is C32H59ClNNaO8S4. The van der Waals surface area contributed by atoms with Gasteiger partial charge in [0, 0.05) is 60.2 Å². The van der Waals surface area contributed by atoms with Gasteiger partial charge in [-0.25, -0.2) is 8.42 Å². The van der Waals surface area contributed by atoms with Crippen molar-refractivity contribution in [2.45, 2.75) is 58.8 Å². The minimum Gasteiger partial charge on any atom is -1.00 e. The van der Waals surface area contributed by atoms with Gasteiger partial charge in [-0.2, -0.15) is 35.3 Å². The maximum absolute atomic E-state index is 11.5. The van der Waals surface area contributed by atoms with E-state index >= 15 is 0 Å². The predicted octanol–water partition coefficient (Wildman–Crippen LogP) is -1.86. The Morgan fingerprint density at radius 1 is 0.766 bits per heavy atom. The molecule has 0 fully saturated rings. The molecule has 0 aromatic heterocycles. The molecule has 0 atom stereocenters. The number of halogens is 1. The van der Waals surface area contributed by atoms with Crippen LogP contribution in [-0.2, 0) is 26.1 Å². The van der Waals surface area contributed by atoms with Crippen molar-refractivity contribution in [3.63, 3.8) is 0 Å². The van der Waals surface area contributed by atoms with Crippen LogP contribution in [0.2, 0.25) is 0 Å². The van der Waals surface area contributed by atoms with Crippen molar-refractivity contribution in [3.8, 4) is 0 Å². The van der Waals surface area contributed by atoms with Gasteiger partial charge in [-0.1, -0.05) is 44.2 Å². The number of benzene rings is 1. The number of nitrogens with zero attached hydrogens (tertiary/aromatic N) is 1. The molecule has 0 radical (unpaired) electrons. The summed E-state index contributed by atoms with van der Waals surface area (Å²) < 4.78 is 32.9. The molecule has 1 aromatic carbocycles. The Labute approximate surface area is 326 Å². The SMILES string of the molecule is CC(C)(CC(=O)CCSCCO)CS(=O)(=O)[O-].C[N+](C)(C)CCCCC(=O)CCSCCO.OCCSCCc1ccccc1.[Cl-].[Na+]. The van der Waals surface area contributed by atoms with Crippen LogP contribution in [0, 0.1) is 5.41 Å². The summed E-state index contributed by atoms with van der Waals surface area (Å²) in [6.45, 7) is 4.91. The smallest absolute Gasteiger partial charge is 1.00 e. The fourth-order valence-electron chi connectivity index (χ4n) is 3.89. The second kappa shape index (κ2) is 33.8. The summed E-state index contributed by atoms with van der Waals surface area (Å²) in [5.74, 6) is 4.55. The van der Waals surface area contributed by atoms with Gasteiger partial charge in [0.25, 0.3) is 0 Å². The van der Waals surface area contributed by atoms with Crippen LogP contribution < -0.4 is 42.0 Å². The van der Waals surface area contributed by atoms with E-state index in [2.05, 4.69) is 45.4 Å². The number of Topliss-reactive ketones (excluding diaryl/α,β-unsaturated/α-hetero) is 2. The van der Waals surface area contributed by atoms with Crippen LogP contribution in [0.25, 0.3) is 0 Å². The van der Waals surface area contributed by atoms with E-state index in [9.17, 15) is 22.6 Å². The Kier molecular flexibility index (Phi) is 39.1. The minimum absolute atomic E-state index is 0. The first kappa shape index (κ1) is 54.4. The Morgan fingerprint density at radius 2 is 1.23 bits per heavy atom. The van der Waals surface area contributed by atoms with E-state index in [4.69, 9.17) is 15.3 Å². The van der Waals surface area contributed by atoms with Gasteiger partial charge in [-0.3, -0.25) is 9.59 Å². The van der Waals surface area contributed by atoms with Crippen LogP contribution in [0.3, 0.4) is 0 Å². The van der Waals surface area contributed by atoms with E-state index in [1.165, 1.54) is 17.3 Å². The molecule has 0 aliphatic rings. The number of carbonyl (C=O) groups is 2. The maximum Gasteiger partial charge on any atom is 1.00 e. The molecule has 0 unspecified atom stereocenters. The van der Waals surface area contributed by atoms with Gasteiger partial charge < -0.3 is 36.8 Å². The third kappa shape index (κ3) is 44.6. The van der Waals surface area contributed by atoms with Crippen molar-refractivity contribution in [3.05, 3.63) is 35.9 Å². The van der Waals surface area contributed by atoms with Gasteiger partial charge in [-0.15, -0.1) is 0 Å². The van der Waals surface area contributed by atoms with Crippen molar-refractivity contribution in [2.75, 3.05) is 87.8 Å². The zero-order chi connectivity index (χ0) is 34.6. The second-order valence-corrected chi connectivity index (χ2v) is 17.4. The van der Waals surface area contributed by atoms with Crippen molar-refractivity contribution in [1.82, 2.24) is 0 Å². The van der Waals surface area contributed by atoms with Crippen molar-refractivity contribution >= 4 is 57.0 Å². The van der Waals surface area contributed by atoms with Gasteiger partial charge in [0.05, 0.1) is 57.6 Å². The topological polar surface area (TPSA) is 152 Å². The van der Waals surface area contributed by atoms with Gasteiger partial charge >= 0.3 is 29.6 Å². The largest absolute Gasteiger partial charge is 1.00 e. The summed E-state index contributed by atoms with van der Waals surface area (Å²) in [6, 6.07) is 10.4. The molecule has 1 rings (SSSR count). The molecule has 0 bridgehead atoms. The number of quaternary nitrogens is 1. The summed E-state index contributed by atoms with van der Waals surface area (Å²) in [5.41, 5.74) is 0.571. The number of aliphatic hydroxyl groups is 3. The number of aliphatic hydroxyl groups excluding tert-OH is 3. The average molecular weight is 773 g/mol. The maximum atomic E-state index is 11.5. The third-order valence-electron chi connectivity index (χ3n) is 5.91. The standard InChI is InChI=1S/C12H26NO2S.C10H20O5S2.C10H14OS.ClH.Na/c1-13(2,3)8-5-4-6-12(15)7-10-16-11-9-14;1-10(2,8-17(13,14)15)7-9(12)3-5-16-6-4-11;11-7-9-12-8-6-10-4-2-1-3-5-10;;/h14H,4-11H2,1-3H3;11H,3-8H2,1-2H3,(H,13,14,15);1-5,11H,6-9H2;1H;/q+1;;;;+1/p-2. The molecule has 9 nitrogen and oxygen atoms in total. The van der Waals surface area contributed by atoms with E-state index < -0.39 is 21.3 Å². The fourth-order valence-corrected chi connectivity index (χ4v) is 7.07. The van der Waals surface area contributed by atoms with Crippen LogP contribution in [0.5, 0.6) is 0 Å². The van der Waals surface area contributed by atoms with Crippen molar-refractivity contribution < 1.29 is 84.3 Å². The van der Waals surface area contributed by atoms with E-state index in [1.54, 1.807) is 37.4 Å². The van der Waals surface area contributed by atoms with Gasteiger partial charge in [0.2, 0.25) is 0 Å². The minimum atomic E-state index is -4.30. The van der Waals surface area contributed by atoms with E-state index in [-0.39, 0.29) is 67.4 Å². The zero-order valence-electron chi connectivity index (χ0n) is 29.5. The molecule has 0 spiro atoms. The predicted molar refractivity (Wildman–Crippen MR) is 192 cm³/mol. The molecule has 0 saturated carbocycles. The quantitative estimate of drug-likeness (QED) is 0.0470. The summed E-state index contributed by atoms with van der Waals surface area (Å²) in [6.07, 6.45) is 5.05. The number of thioether (sulfide) groups is 3. The van der Waals surface area contributed by atoms with Crippen LogP contribution in [0.4, 0.5) is 0 Å². The Balaban J connectivity index is -0.000000292. The Bertz CT molecular complexity index is 985. The van der Waals surface area contributed by atoms with Crippen LogP contribution in [-0.4, -0.2) is 132 Å². The Hall–Kier alpha value is 0.650. The number of aryl methyl sites for hydroxylation is 1. The van der Waals surface area contributed by atoms with Crippen molar-refractivity contribution in [2.24, 2.45) is 5.41 Å². The molecule has 47 heavy (non-hydrogen) atoms. The number of hydrogen-bond donors (Lipinski definition) is 3. The monoisotopic (exact) mass is 771 g/mol. The first-order valence-electron chi connectivity index (χ1n) is 15.4. The Morgan fingerprint density at radius 3 is 1.68 bits per heavy atom. The summed E-state index contributed by atoms with van der Waals surface area (Å²) >= 11 is 4.92. The number of carbonyl (C=O) groups excluding carboxylic acids is 2. The molecule has 15 heteroatoms. The molecule has 0 saturated heterocycles. The fraction of sp³-hybridized carbons (Fsp3) is 0.750. The van der Waals surface area contributed by atoms with Crippen LogP contribution in [0.15, 0.2) is 30.3 Å². The molecule has 1 aromatic rings. The molecule has 0 aliphatic heterocycles. The second-order valence-electron chi connectivity index (χ2n) is 12.3. The van der Waals surface area contributed by atoms with Crippen LogP contribution >= 0.6 is 35.3 Å². The third-order valence-corrected chi connectivity index (χ3v) is 9.94. The van der Waals surface area contributed by atoms with E-state index in [0.717, 1.165) is 59.7 Å².